The fourth-order valence-electron chi connectivity index (χ4n) is 3.04. The second-order valence-corrected chi connectivity index (χ2v) is 6.95. The first-order valence-corrected chi connectivity index (χ1v) is 9.31. The third-order valence-electron chi connectivity index (χ3n) is 4.65. The monoisotopic (exact) mass is 450 g/mol. The topological polar surface area (TPSA) is 144 Å². The van der Waals surface area contributed by atoms with Gasteiger partial charge < -0.3 is 25.7 Å². The van der Waals surface area contributed by atoms with Gasteiger partial charge in [-0.1, -0.05) is 0 Å². The maximum atomic E-state index is 13.4. The first-order valence-electron chi connectivity index (χ1n) is 9.31. The Hall–Kier alpha value is -3.94. The molecule has 0 bridgehead atoms. The Morgan fingerprint density at radius 3 is 2.72 bits per heavy atom. The highest BCUT2D eigenvalue weighted by atomic mass is 19.4. The first kappa shape index (κ1) is 21.3. The summed E-state index contributed by atoms with van der Waals surface area (Å²) in [6.45, 7) is -0.351. The summed E-state index contributed by atoms with van der Waals surface area (Å²) in [7, 11) is 0. The van der Waals surface area contributed by atoms with E-state index in [0.29, 0.717) is 13.1 Å². The molecule has 32 heavy (non-hydrogen) atoms. The lowest BCUT2D eigenvalue weighted by atomic mass is 10.2. The van der Waals surface area contributed by atoms with Crippen LogP contribution in [0, 0.1) is 0 Å². The molecule has 0 saturated carbocycles. The number of alkyl halides is 3. The number of carbonyl (C=O) groups is 2. The Kier molecular flexibility index (Phi) is 5.52. The first-order chi connectivity index (χ1) is 15.2. The van der Waals surface area contributed by atoms with Crippen LogP contribution in [0.1, 0.15) is 27.0 Å². The van der Waals surface area contributed by atoms with Gasteiger partial charge in [0.1, 0.15) is 18.6 Å². The lowest BCUT2D eigenvalue weighted by Gasteiger charge is -2.27. The number of primary amides is 1. The number of carbonyl (C=O) groups excluding carboxylic acids is 2. The molecule has 0 radical (unpaired) electrons. The summed E-state index contributed by atoms with van der Waals surface area (Å²) in [5.41, 5.74) is 5.07. The van der Waals surface area contributed by atoms with E-state index >= 15 is 0 Å². The Labute approximate surface area is 178 Å². The zero-order valence-electron chi connectivity index (χ0n) is 16.3. The van der Waals surface area contributed by atoms with Crippen molar-refractivity contribution in [2.45, 2.75) is 12.2 Å². The largest absolute Gasteiger partial charge is 0.451 e. The van der Waals surface area contributed by atoms with Gasteiger partial charge in [-0.15, -0.1) is 0 Å². The smallest absolute Gasteiger partial charge is 0.406 e. The molecule has 0 aromatic carbocycles. The minimum Gasteiger partial charge on any atom is -0.451 e. The van der Waals surface area contributed by atoms with Gasteiger partial charge in [0.2, 0.25) is 0 Å². The summed E-state index contributed by atoms with van der Waals surface area (Å²) in [4.78, 5) is 32.6. The summed E-state index contributed by atoms with van der Waals surface area (Å²) >= 11 is 0. The van der Waals surface area contributed by atoms with Gasteiger partial charge in [-0.05, 0) is 6.07 Å². The molecule has 0 atom stereocenters. The predicted molar refractivity (Wildman–Crippen MR) is 104 cm³/mol. The van der Waals surface area contributed by atoms with Crippen LogP contribution in [0.4, 0.5) is 30.4 Å². The van der Waals surface area contributed by atoms with Gasteiger partial charge in [0.15, 0.2) is 17.8 Å². The van der Waals surface area contributed by atoms with Crippen molar-refractivity contribution in [3.8, 4) is 0 Å². The number of aromatic nitrogens is 4. The lowest BCUT2D eigenvalue weighted by Crippen LogP contribution is -2.43. The number of anilines is 3. The molecule has 4 rings (SSSR count). The van der Waals surface area contributed by atoms with Crippen LogP contribution in [0.15, 0.2) is 41.6 Å². The van der Waals surface area contributed by atoms with E-state index < -0.39 is 24.5 Å². The average molecular weight is 450 g/mol. The fourth-order valence-corrected chi connectivity index (χ4v) is 3.04. The van der Waals surface area contributed by atoms with Crippen molar-refractivity contribution < 1.29 is 27.2 Å². The van der Waals surface area contributed by atoms with Crippen molar-refractivity contribution in [1.82, 2.24) is 25.1 Å². The molecule has 1 fully saturated rings. The number of amides is 2. The number of nitrogens with two attached hydrogens (primary N) is 1. The molecule has 168 valence electrons. The number of hydrogen-bond acceptors (Lipinski definition) is 8. The van der Waals surface area contributed by atoms with Gasteiger partial charge in [-0.2, -0.15) is 18.3 Å². The molecule has 0 aliphatic carbocycles. The van der Waals surface area contributed by atoms with Crippen molar-refractivity contribution in [3.05, 3.63) is 48.6 Å². The second-order valence-electron chi connectivity index (χ2n) is 6.95. The van der Waals surface area contributed by atoms with Crippen LogP contribution < -0.4 is 21.3 Å². The molecule has 0 spiro atoms. The minimum absolute atomic E-state index is 0.0121. The summed E-state index contributed by atoms with van der Waals surface area (Å²) in [6, 6.07) is 2.51. The number of hydrogen-bond donors (Lipinski definition) is 3. The van der Waals surface area contributed by atoms with Crippen LogP contribution in [0.3, 0.4) is 0 Å². The molecule has 3 aromatic heterocycles. The highest BCUT2D eigenvalue weighted by molar-refractivity contribution is 6.03. The number of oxazole rings is 1. The molecule has 2 amide bonds. The molecule has 1 aliphatic rings. The molecule has 4 N–H and O–H groups in total. The standard InChI is InChI=1S/C18H17F3N8O3/c19-18(20,21)8-28(13-6-29(11-4-23-5-11)27-15(13)16(22)30)14-3-10(1-2-24-14)26-17(31)12-7-32-9-25-12/h1-3,6-7,9,11,23H,4-5,8H2,(H2,22,30)(H,24,26,31). The van der Waals surface area contributed by atoms with Gasteiger partial charge in [-0.25, -0.2) is 9.97 Å². The van der Waals surface area contributed by atoms with E-state index in [-0.39, 0.29) is 34.6 Å². The summed E-state index contributed by atoms with van der Waals surface area (Å²) in [6.07, 6.45) is 0.104. The van der Waals surface area contributed by atoms with E-state index in [1.54, 1.807) is 0 Å². The van der Waals surface area contributed by atoms with Gasteiger partial charge >= 0.3 is 6.18 Å². The minimum atomic E-state index is -4.64. The van der Waals surface area contributed by atoms with Crippen LogP contribution in [0.25, 0.3) is 0 Å². The molecular weight excluding hydrogens is 433 g/mol. The molecule has 14 heteroatoms. The highest BCUT2D eigenvalue weighted by Gasteiger charge is 2.35. The van der Waals surface area contributed by atoms with Crippen LogP contribution >= 0.6 is 0 Å². The molecule has 1 aliphatic heterocycles. The summed E-state index contributed by atoms with van der Waals surface area (Å²) < 4.78 is 46.5. The van der Waals surface area contributed by atoms with E-state index in [1.807, 2.05) is 0 Å². The van der Waals surface area contributed by atoms with Gasteiger partial charge in [0, 0.05) is 37.2 Å². The molecule has 4 heterocycles. The quantitative estimate of drug-likeness (QED) is 0.491. The predicted octanol–water partition coefficient (Wildman–Crippen LogP) is 1.46. The van der Waals surface area contributed by atoms with E-state index in [9.17, 15) is 22.8 Å². The maximum absolute atomic E-state index is 13.4. The van der Waals surface area contributed by atoms with E-state index in [0.717, 1.165) is 17.6 Å². The number of nitrogens with one attached hydrogen (secondary N) is 2. The van der Waals surface area contributed by atoms with Crippen molar-refractivity contribution in [1.29, 1.82) is 0 Å². The molecule has 1 saturated heterocycles. The van der Waals surface area contributed by atoms with Gasteiger partial charge in [0.05, 0.1) is 11.7 Å². The third kappa shape index (κ3) is 4.54. The number of nitrogens with zero attached hydrogens (tertiary/aromatic N) is 5. The van der Waals surface area contributed by atoms with Crippen LogP contribution in [-0.4, -0.2) is 57.4 Å². The lowest BCUT2D eigenvalue weighted by molar-refractivity contribution is -0.118. The highest BCUT2D eigenvalue weighted by Crippen LogP contribution is 2.33. The Morgan fingerprint density at radius 2 is 2.12 bits per heavy atom. The van der Waals surface area contributed by atoms with E-state index in [1.165, 1.54) is 29.2 Å². The second kappa shape index (κ2) is 8.30. The number of halogens is 3. The molecule has 11 nitrogen and oxygen atoms in total. The average Bonchev–Trinajstić information content (AvgIpc) is 3.35. The molecule has 0 unspecified atom stereocenters. The van der Waals surface area contributed by atoms with E-state index in [4.69, 9.17) is 10.2 Å². The van der Waals surface area contributed by atoms with Crippen molar-refractivity contribution in [2.75, 3.05) is 29.9 Å². The van der Waals surface area contributed by atoms with Gasteiger partial charge in [-0.3, -0.25) is 14.3 Å². The zero-order valence-corrected chi connectivity index (χ0v) is 16.3. The van der Waals surface area contributed by atoms with E-state index in [2.05, 4.69) is 25.7 Å². The van der Waals surface area contributed by atoms with Gasteiger partial charge in [0.25, 0.3) is 11.8 Å². The third-order valence-corrected chi connectivity index (χ3v) is 4.65. The molecule has 3 aromatic rings. The normalized spacial score (nSPS) is 14.1. The van der Waals surface area contributed by atoms with Crippen LogP contribution in [0.5, 0.6) is 0 Å². The molecular formula is C18H17F3N8O3. The van der Waals surface area contributed by atoms with Crippen molar-refractivity contribution in [2.24, 2.45) is 5.73 Å². The van der Waals surface area contributed by atoms with Crippen LogP contribution in [0.2, 0.25) is 0 Å². The summed E-state index contributed by atoms with van der Waals surface area (Å²) in [5, 5.41) is 9.61. The van der Waals surface area contributed by atoms with Crippen molar-refractivity contribution in [3.63, 3.8) is 0 Å². The number of pyridine rings is 1. The SMILES string of the molecule is NC(=O)c1nn(C2CNC2)cc1N(CC(F)(F)F)c1cc(NC(=O)c2cocn2)ccn1. The Bertz CT molecular complexity index is 1120. The fraction of sp³-hybridized carbons (Fsp3) is 0.278. The Balaban J connectivity index is 1.71. The zero-order chi connectivity index (χ0) is 22.9. The van der Waals surface area contributed by atoms with Crippen LogP contribution in [-0.2, 0) is 0 Å². The van der Waals surface area contributed by atoms with Crippen molar-refractivity contribution >= 4 is 29.0 Å². The summed E-state index contributed by atoms with van der Waals surface area (Å²) in [5.74, 6) is -1.77. The Morgan fingerprint density at radius 1 is 1.34 bits per heavy atom. The maximum Gasteiger partial charge on any atom is 0.406 e. The number of rotatable bonds is 7.